The maximum absolute atomic E-state index is 12.5. The Kier molecular flexibility index (Phi) is 5.69. The molecule has 148 valence electrons. The van der Waals surface area contributed by atoms with Crippen molar-refractivity contribution in [2.24, 2.45) is 0 Å². The minimum Gasteiger partial charge on any atom is -0.335 e. The molecule has 2 aromatic rings. The largest absolute Gasteiger partial charge is 0.335 e. The molecule has 1 aromatic carbocycles. The number of halogens is 2. The van der Waals surface area contributed by atoms with Gasteiger partial charge in [0.25, 0.3) is 0 Å². The van der Waals surface area contributed by atoms with Crippen molar-refractivity contribution in [3.05, 3.63) is 69.3 Å². The van der Waals surface area contributed by atoms with E-state index in [1.54, 1.807) is 29.3 Å². The molecule has 1 N–H and O–H groups in total. The van der Waals surface area contributed by atoms with Gasteiger partial charge < -0.3 is 10.2 Å². The highest BCUT2D eigenvalue weighted by atomic mass is 35.5. The van der Waals surface area contributed by atoms with E-state index < -0.39 is 0 Å². The van der Waals surface area contributed by atoms with E-state index in [1.165, 1.54) is 0 Å². The van der Waals surface area contributed by atoms with Gasteiger partial charge in [-0.15, -0.1) is 0 Å². The maximum atomic E-state index is 12.5. The number of benzene rings is 1. The molecule has 7 heteroatoms. The van der Waals surface area contributed by atoms with Crippen LogP contribution in [-0.4, -0.2) is 34.8 Å². The number of anilines is 1. The van der Waals surface area contributed by atoms with Gasteiger partial charge >= 0.3 is 0 Å². The van der Waals surface area contributed by atoms with E-state index in [-0.39, 0.29) is 11.8 Å². The number of carbonyl (C=O) groups excluding carboxylic acids is 2. The van der Waals surface area contributed by atoms with E-state index in [1.807, 2.05) is 18.2 Å². The second-order valence-electron chi connectivity index (χ2n) is 7.05. The standard InChI is InChI=1S/C22H19Cl2N3O2/c23-18-4-2-16(12-19(18)24)15-7-9-27(10-8-15)21(29)6-1-14-11-17-3-5-20(28)26-22(17)25-13-14/h1-2,4,6-7,11-13H,3,5,8-10H2,(H,25,26,28)/b6-1+. The van der Waals surface area contributed by atoms with Crippen LogP contribution >= 0.6 is 23.2 Å². The summed E-state index contributed by atoms with van der Waals surface area (Å²) in [4.78, 5) is 30.0. The van der Waals surface area contributed by atoms with Gasteiger partial charge in [0, 0.05) is 31.8 Å². The van der Waals surface area contributed by atoms with E-state index >= 15 is 0 Å². The Morgan fingerprint density at radius 1 is 1.14 bits per heavy atom. The first-order valence-corrected chi connectivity index (χ1v) is 10.2. The number of aromatic nitrogens is 1. The molecule has 0 saturated carbocycles. The van der Waals surface area contributed by atoms with Gasteiger partial charge in [-0.1, -0.05) is 35.3 Å². The number of hydrogen-bond acceptors (Lipinski definition) is 3. The predicted octanol–water partition coefficient (Wildman–Crippen LogP) is 4.60. The quantitative estimate of drug-likeness (QED) is 0.727. The Hall–Kier alpha value is -2.63. The molecule has 0 atom stereocenters. The van der Waals surface area contributed by atoms with E-state index in [9.17, 15) is 9.59 Å². The van der Waals surface area contributed by atoms with Gasteiger partial charge in [0.2, 0.25) is 11.8 Å². The van der Waals surface area contributed by atoms with Crippen LogP contribution in [0.4, 0.5) is 5.82 Å². The van der Waals surface area contributed by atoms with E-state index in [0.29, 0.717) is 41.8 Å². The molecule has 2 amide bonds. The van der Waals surface area contributed by atoms with Gasteiger partial charge in [0.1, 0.15) is 5.82 Å². The number of amides is 2. The molecule has 0 spiro atoms. The van der Waals surface area contributed by atoms with Crippen molar-refractivity contribution in [1.82, 2.24) is 9.88 Å². The Balaban J connectivity index is 1.40. The fourth-order valence-electron chi connectivity index (χ4n) is 3.47. The van der Waals surface area contributed by atoms with Gasteiger partial charge in [-0.25, -0.2) is 4.98 Å². The first-order chi connectivity index (χ1) is 14.0. The number of pyridine rings is 1. The first-order valence-electron chi connectivity index (χ1n) is 9.40. The number of aryl methyl sites for hydroxylation is 1. The average Bonchev–Trinajstić information content (AvgIpc) is 2.74. The molecule has 4 rings (SSSR count). The van der Waals surface area contributed by atoms with Crippen LogP contribution < -0.4 is 5.32 Å². The van der Waals surface area contributed by atoms with Crippen LogP contribution in [0.2, 0.25) is 10.0 Å². The van der Waals surface area contributed by atoms with Crippen LogP contribution in [0, 0.1) is 0 Å². The van der Waals surface area contributed by atoms with Gasteiger partial charge in [0.15, 0.2) is 0 Å². The summed E-state index contributed by atoms with van der Waals surface area (Å²) >= 11 is 12.1. The molecule has 0 unspecified atom stereocenters. The summed E-state index contributed by atoms with van der Waals surface area (Å²) in [6.45, 7) is 1.19. The lowest BCUT2D eigenvalue weighted by Crippen LogP contribution is -2.33. The van der Waals surface area contributed by atoms with Crippen molar-refractivity contribution in [3.8, 4) is 0 Å². The van der Waals surface area contributed by atoms with E-state index in [2.05, 4.69) is 16.4 Å². The molecule has 1 aromatic heterocycles. The smallest absolute Gasteiger partial charge is 0.246 e. The number of carbonyl (C=O) groups is 2. The normalized spacial score (nSPS) is 16.4. The second kappa shape index (κ2) is 8.39. The summed E-state index contributed by atoms with van der Waals surface area (Å²) in [5.41, 5.74) is 4.04. The summed E-state index contributed by atoms with van der Waals surface area (Å²) in [7, 11) is 0. The second-order valence-corrected chi connectivity index (χ2v) is 7.86. The molecule has 3 heterocycles. The zero-order valence-corrected chi connectivity index (χ0v) is 17.1. The molecule has 2 aliphatic heterocycles. The third kappa shape index (κ3) is 4.52. The topological polar surface area (TPSA) is 62.3 Å². The summed E-state index contributed by atoms with van der Waals surface area (Å²) in [6.07, 6.45) is 8.94. The minimum absolute atomic E-state index is 0.0122. The molecule has 2 aliphatic rings. The molecule has 0 fully saturated rings. The first kappa shape index (κ1) is 19.7. The maximum Gasteiger partial charge on any atom is 0.246 e. The number of nitrogens with zero attached hydrogens (tertiary/aromatic N) is 2. The molecule has 29 heavy (non-hydrogen) atoms. The van der Waals surface area contributed by atoms with E-state index in [0.717, 1.165) is 28.7 Å². The highest BCUT2D eigenvalue weighted by Crippen LogP contribution is 2.29. The van der Waals surface area contributed by atoms with Crippen LogP contribution in [0.25, 0.3) is 11.6 Å². The average molecular weight is 428 g/mol. The number of hydrogen-bond donors (Lipinski definition) is 1. The Bertz CT molecular complexity index is 1050. The van der Waals surface area contributed by atoms with Gasteiger partial charge in [-0.3, -0.25) is 9.59 Å². The van der Waals surface area contributed by atoms with Crippen LogP contribution in [-0.2, 0) is 16.0 Å². The predicted molar refractivity (Wildman–Crippen MR) is 116 cm³/mol. The van der Waals surface area contributed by atoms with Gasteiger partial charge in [-0.2, -0.15) is 0 Å². The molecule has 0 aliphatic carbocycles. The van der Waals surface area contributed by atoms with Crippen molar-refractivity contribution < 1.29 is 9.59 Å². The molecular weight excluding hydrogens is 409 g/mol. The number of fused-ring (bicyclic) bond motifs is 1. The highest BCUT2D eigenvalue weighted by Gasteiger charge is 2.18. The number of nitrogens with one attached hydrogen (secondary N) is 1. The van der Waals surface area contributed by atoms with Gasteiger partial charge in [0.05, 0.1) is 10.0 Å². The Morgan fingerprint density at radius 3 is 2.76 bits per heavy atom. The lowest BCUT2D eigenvalue weighted by Gasteiger charge is -2.25. The Morgan fingerprint density at radius 2 is 2.00 bits per heavy atom. The summed E-state index contributed by atoms with van der Waals surface area (Å²) in [6, 6.07) is 7.56. The summed E-state index contributed by atoms with van der Waals surface area (Å²) in [5.74, 6) is 0.558. The third-order valence-corrected chi connectivity index (χ3v) is 5.84. The molecular formula is C22H19Cl2N3O2. The van der Waals surface area contributed by atoms with Gasteiger partial charge in [-0.05, 0) is 59.4 Å². The third-order valence-electron chi connectivity index (χ3n) is 5.10. The lowest BCUT2D eigenvalue weighted by molar-refractivity contribution is -0.125. The SMILES string of the molecule is O=C1CCc2cc(/C=C/C(=O)N3CC=C(c4ccc(Cl)c(Cl)c4)CC3)cnc2N1. The zero-order valence-electron chi connectivity index (χ0n) is 15.6. The summed E-state index contributed by atoms with van der Waals surface area (Å²) in [5, 5.41) is 3.82. The van der Waals surface area contributed by atoms with Crippen LogP contribution in [0.5, 0.6) is 0 Å². The van der Waals surface area contributed by atoms with Crippen LogP contribution in [0.1, 0.15) is 29.5 Å². The van der Waals surface area contributed by atoms with E-state index in [4.69, 9.17) is 23.2 Å². The van der Waals surface area contributed by atoms with Crippen LogP contribution in [0.3, 0.4) is 0 Å². The highest BCUT2D eigenvalue weighted by molar-refractivity contribution is 6.42. The van der Waals surface area contributed by atoms with Crippen molar-refractivity contribution in [1.29, 1.82) is 0 Å². The van der Waals surface area contributed by atoms with Crippen molar-refractivity contribution in [2.75, 3.05) is 18.4 Å². The molecule has 0 saturated heterocycles. The zero-order chi connectivity index (χ0) is 20.4. The minimum atomic E-state index is -0.0412. The fourth-order valence-corrected chi connectivity index (χ4v) is 3.76. The van der Waals surface area contributed by atoms with Crippen molar-refractivity contribution in [2.45, 2.75) is 19.3 Å². The molecule has 0 bridgehead atoms. The molecule has 5 nitrogen and oxygen atoms in total. The lowest BCUT2D eigenvalue weighted by atomic mass is 9.99. The number of rotatable bonds is 3. The Labute approximate surface area is 179 Å². The molecule has 0 radical (unpaired) electrons. The summed E-state index contributed by atoms with van der Waals surface area (Å²) < 4.78 is 0. The van der Waals surface area contributed by atoms with Crippen molar-refractivity contribution >= 4 is 52.5 Å². The fraction of sp³-hybridized carbons (Fsp3) is 0.227. The van der Waals surface area contributed by atoms with Crippen LogP contribution in [0.15, 0.2) is 42.6 Å². The van der Waals surface area contributed by atoms with Crippen molar-refractivity contribution in [3.63, 3.8) is 0 Å². The monoisotopic (exact) mass is 427 g/mol.